The van der Waals surface area contributed by atoms with Crippen molar-refractivity contribution in [3.8, 4) is 0 Å². The molecule has 1 amide bonds. The highest BCUT2D eigenvalue weighted by atomic mass is 32.2. The summed E-state index contributed by atoms with van der Waals surface area (Å²) in [5, 5.41) is 13.5. The molecule has 1 aliphatic rings. The Labute approximate surface area is 169 Å². The molecule has 0 saturated carbocycles. The number of aromatic nitrogens is 1. The number of carbonyl (C=O) groups is 2. The van der Waals surface area contributed by atoms with Gasteiger partial charge in [0.2, 0.25) is 15.9 Å². The number of hydrogen-bond donors (Lipinski definition) is 3. The van der Waals surface area contributed by atoms with Crippen LogP contribution in [0.4, 0.5) is 5.69 Å². The molecular formula is C19H26N4O5S. The first-order chi connectivity index (χ1) is 13.6. The number of aromatic amines is 1. The van der Waals surface area contributed by atoms with Crippen LogP contribution in [0.15, 0.2) is 24.4 Å². The van der Waals surface area contributed by atoms with E-state index in [0.29, 0.717) is 29.7 Å². The molecule has 2 aromatic rings. The fourth-order valence-electron chi connectivity index (χ4n) is 3.51. The number of rotatable bonds is 6. The van der Waals surface area contributed by atoms with Crippen LogP contribution in [0, 0.1) is 5.92 Å². The number of anilines is 1. The zero-order valence-electron chi connectivity index (χ0n) is 16.7. The molecule has 1 fully saturated rings. The van der Waals surface area contributed by atoms with Gasteiger partial charge in [0.25, 0.3) is 0 Å². The molecule has 0 radical (unpaired) electrons. The fourth-order valence-corrected chi connectivity index (χ4v) is 4.34. The molecule has 1 aromatic carbocycles. The number of carboxylic acid groups (broad SMARTS) is 1. The van der Waals surface area contributed by atoms with E-state index in [1.165, 1.54) is 4.31 Å². The summed E-state index contributed by atoms with van der Waals surface area (Å²) < 4.78 is 24.8. The van der Waals surface area contributed by atoms with E-state index in [9.17, 15) is 23.1 Å². The molecule has 0 aliphatic carbocycles. The van der Waals surface area contributed by atoms with Crippen LogP contribution in [0.1, 0.15) is 25.5 Å². The van der Waals surface area contributed by atoms with Crippen LogP contribution in [0.25, 0.3) is 10.9 Å². The van der Waals surface area contributed by atoms with Crippen LogP contribution in [0.2, 0.25) is 0 Å². The fraction of sp³-hybridized carbons (Fsp3) is 0.474. The van der Waals surface area contributed by atoms with Crippen LogP contribution in [-0.4, -0.2) is 72.0 Å². The van der Waals surface area contributed by atoms with Gasteiger partial charge in [0.05, 0.1) is 6.26 Å². The Morgan fingerprint density at radius 1 is 1.17 bits per heavy atom. The number of benzene rings is 1. The Balaban J connectivity index is 1.90. The molecule has 1 unspecified atom stereocenters. The van der Waals surface area contributed by atoms with Gasteiger partial charge < -0.3 is 15.4 Å². The molecule has 1 aliphatic heterocycles. The highest BCUT2D eigenvalue weighted by Crippen LogP contribution is 2.31. The number of H-pyrrole nitrogens is 1. The van der Waals surface area contributed by atoms with Gasteiger partial charge in [0, 0.05) is 60.4 Å². The second-order valence-corrected chi connectivity index (χ2v) is 9.57. The van der Waals surface area contributed by atoms with Gasteiger partial charge in [-0.25, -0.2) is 8.42 Å². The van der Waals surface area contributed by atoms with Crippen LogP contribution >= 0.6 is 0 Å². The lowest BCUT2D eigenvalue weighted by Gasteiger charge is -2.36. The summed E-state index contributed by atoms with van der Waals surface area (Å²) in [6, 6.07) is 4.42. The van der Waals surface area contributed by atoms with Crippen molar-refractivity contribution >= 4 is 38.5 Å². The first-order valence-corrected chi connectivity index (χ1v) is 11.3. The number of fused-ring (bicyclic) bond motifs is 1. The molecule has 3 rings (SSSR count). The second kappa shape index (κ2) is 8.13. The predicted molar refractivity (Wildman–Crippen MR) is 110 cm³/mol. The summed E-state index contributed by atoms with van der Waals surface area (Å²) in [5.74, 6) is -1.29. The molecule has 9 nitrogen and oxygen atoms in total. The molecule has 0 bridgehead atoms. The lowest BCUT2D eigenvalue weighted by atomic mass is 10.0. The van der Waals surface area contributed by atoms with Gasteiger partial charge in [-0.3, -0.25) is 14.5 Å². The SMILES string of the molecule is CC(C)C(=O)Nc1ccc2[nH]cc(C(C(=O)O)N3CCN(S(C)(=O)=O)CC3)c2c1. The van der Waals surface area contributed by atoms with Crippen molar-refractivity contribution in [3.63, 3.8) is 0 Å². The van der Waals surface area contributed by atoms with Crippen LogP contribution < -0.4 is 5.32 Å². The first-order valence-electron chi connectivity index (χ1n) is 9.42. The van der Waals surface area contributed by atoms with E-state index in [1.54, 1.807) is 43.1 Å². The zero-order chi connectivity index (χ0) is 21.3. The normalized spacial score (nSPS) is 17.5. The van der Waals surface area contributed by atoms with Crippen molar-refractivity contribution in [1.82, 2.24) is 14.2 Å². The lowest BCUT2D eigenvalue weighted by Crippen LogP contribution is -2.50. The molecule has 0 spiro atoms. The van der Waals surface area contributed by atoms with Crippen molar-refractivity contribution in [1.29, 1.82) is 0 Å². The zero-order valence-corrected chi connectivity index (χ0v) is 17.5. The maximum absolute atomic E-state index is 12.1. The van der Waals surface area contributed by atoms with Crippen molar-refractivity contribution in [2.75, 3.05) is 37.8 Å². The number of hydrogen-bond acceptors (Lipinski definition) is 5. The number of carbonyl (C=O) groups excluding carboxylic acids is 1. The monoisotopic (exact) mass is 422 g/mol. The number of nitrogens with one attached hydrogen (secondary N) is 2. The Hall–Kier alpha value is -2.43. The standard InChI is InChI=1S/C19H26N4O5S/c1-12(2)18(24)21-13-4-5-16-14(10-13)15(11-20-16)17(19(25)26)22-6-8-23(9-7-22)29(3,27)28/h4-5,10-12,17,20H,6-9H2,1-3H3,(H,21,24)(H,25,26). The van der Waals surface area contributed by atoms with Gasteiger partial charge in [-0.05, 0) is 18.2 Å². The van der Waals surface area contributed by atoms with Crippen LogP contribution in [0.5, 0.6) is 0 Å². The molecule has 29 heavy (non-hydrogen) atoms. The minimum atomic E-state index is -3.30. The van der Waals surface area contributed by atoms with Crippen molar-refractivity contribution in [2.24, 2.45) is 5.92 Å². The Morgan fingerprint density at radius 2 is 1.83 bits per heavy atom. The van der Waals surface area contributed by atoms with E-state index in [2.05, 4.69) is 10.3 Å². The van der Waals surface area contributed by atoms with E-state index in [1.807, 2.05) is 0 Å². The Bertz CT molecular complexity index is 1020. The molecule has 1 atom stereocenters. The average molecular weight is 423 g/mol. The summed E-state index contributed by atoms with van der Waals surface area (Å²) in [6.07, 6.45) is 2.82. The van der Waals surface area contributed by atoms with Crippen LogP contribution in [0.3, 0.4) is 0 Å². The quantitative estimate of drug-likeness (QED) is 0.648. The molecule has 1 aromatic heterocycles. The lowest BCUT2D eigenvalue weighted by molar-refractivity contribution is -0.144. The van der Waals surface area contributed by atoms with E-state index < -0.39 is 22.0 Å². The third-order valence-corrected chi connectivity index (χ3v) is 6.44. The molecule has 3 N–H and O–H groups in total. The van der Waals surface area contributed by atoms with E-state index in [-0.39, 0.29) is 24.9 Å². The number of sulfonamides is 1. The highest BCUT2D eigenvalue weighted by Gasteiger charge is 2.34. The highest BCUT2D eigenvalue weighted by molar-refractivity contribution is 7.88. The Morgan fingerprint density at radius 3 is 2.38 bits per heavy atom. The van der Waals surface area contributed by atoms with Crippen LogP contribution in [-0.2, 0) is 19.6 Å². The summed E-state index contributed by atoms with van der Waals surface area (Å²) in [5.41, 5.74) is 1.95. The van der Waals surface area contributed by atoms with Gasteiger partial charge in [-0.2, -0.15) is 4.31 Å². The average Bonchev–Trinajstić information content (AvgIpc) is 3.04. The number of aliphatic carboxylic acids is 1. The van der Waals surface area contributed by atoms with Crippen molar-refractivity contribution in [3.05, 3.63) is 30.0 Å². The van der Waals surface area contributed by atoms with Crippen molar-refractivity contribution in [2.45, 2.75) is 19.9 Å². The van der Waals surface area contributed by atoms with E-state index >= 15 is 0 Å². The maximum atomic E-state index is 12.1. The smallest absolute Gasteiger partial charge is 0.325 e. The largest absolute Gasteiger partial charge is 0.480 e. The molecule has 1 saturated heterocycles. The summed E-state index contributed by atoms with van der Waals surface area (Å²) in [6.45, 7) is 4.74. The predicted octanol–water partition coefficient (Wildman–Crippen LogP) is 1.47. The third kappa shape index (κ3) is 4.60. The van der Waals surface area contributed by atoms with Gasteiger partial charge in [0.15, 0.2) is 0 Å². The number of piperazine rings is 1. The molecule has 158 valence electrons. The Kier molecular flexibility index (Phi) is 5.97. The summed E-state index contributed by atoms with van der Waals surface area (Å²) in [7, 11) is -3.30. The van der Waals surface area contributed by atoms with E-state index in [4.69, 9.17) is 0 Å². The first kappa shape index (κ1) is 21.3. The van der Waals surface area contributed by atoms with Gasteiger partial charge in [-0.1, -0.05) is 13.8 Å². The molecule has 10 heteroatoms. The maximum Gasteiger partial charge on any atom is 0.325 e. The molecular weight excluding hydrogens is 396 g/mol. The number of nitrogens with zero attached hydrogens (tertiary/aromatic N) is 2. The topological polar surface area (TPSA) is 123 Å². The van der Waals surface area contributed by atoms with E-state index in [0.717, 1.165) is 11.8 Å². The van der Waals surface area contributed by atoms with Gasteiger partial charge in [-0.15, -0.1) is 0 Å². The minimum Gasteiger partial charge on any atom is -0.480 e. The summed E-state index contributed by atoms with van der Waals surface area (Å²) in [4.78, 5) is 29.0. The molecule has 2 heterocycles. The van der Waals surface area contributed by atoms with Gasteiger partial charge in [0.1, 0.15) is 6.04 Å². The minimum absolute atomic E-state index is 0.117. The van der Waals surface area contributed by atoms with Crippen molar-refractivity contribution < 1.29 is 23.1 Å². The second-order valence-electron chi connectivity index (χ2n) is 7.59. The number of carboxylic acids is 1. The van der Waals surface area contributed by atoms with Gasteiger partial charge >= 0.3 is 5.97 Å². The summed E-state index contributed by atoms with van der Waals surface area (Å²) >= 11 is 0. The third-order valence-electron chi connectivity index (χ3n) is 5.14. The number of amides is 1.